The Kier molecular flexibility index (Phi) is 3.52. The number of carbonyl (C=O) groups is 1. The molecule has 0 saturated heterocycles. The molecule has 0 fully saturated rings. The van der Waals surface area contributed by atoms with Crippen molar-refractivity contribution in [1.82, 2.24) is 0 Å². The third-order valence-electron chi connectivity index (χ3n) is 3.26. The molecule has 2 aromatic rings. The summed E-state index contributed by atoms with van der Waals surface area (Å²) in [7, 11) is -3.79. The summed E-state index contributed by atoms with van der Waals surface area (Å²) in [6.45, 7) is 0. The van der Waals surface area contributed by atoms with Crippen LogP contribution >= 0.6 is 11.6 Å². The van der Waals surface area contributed by atoms with Crippen LogP contribution in [0.1, 0.15) is 11.1 Å². The predicted octanol–water partition coefficient (Wildman–Crippen LogP) is 2.48. The molecule has 0 spiro atoms. The van der Waals surface area contributed by atoms with Gasteiger partial charge in [-0.15, -0.1) is 0 Å². The zero-order chi connectivity index (χ0) is 15.9. The molecule has 0 aromatic heterocycles. The molecule has 112 valence electrons. The van der Waals surface area contributed by atoms with Crippen molar-refractivity contribution in [2.45, 2.75) is 4.90 Å². The number of fused-ring (bicyclic) bond motifs is 1. The van der Waals surface area contributed by atoms with Crippen molar-refractivity contribution in [3.8, 4) is 0 Å². The van der Waals surface area contributed by atoms with Gasteiger partial charge in [0, 0.05) is 21.8 Å². The molecule has 3 rings (SSSR count). The Bertz CT molecular complexity index is 920. The van der Waals surface area contributed by atoms with Gasteiger partial charge in [-0.25, -0.2) is 13.6 Å². The van der Waals surface area contributed by atoms with Gasteiger partial charge in [0.05, 0.1) is 4.90 Å². The Hall–Kier alpha value is -2.15. The third-order valence-corrected chi connectivity index (χ3v) is 4.41. The maximum Gasteiger partial charge on any atom is 0.256 e. The predicted molar refractivity (Wildman–Crippen MR) is 85.8 cm³/mol. The van der Waals surface area contributed by atoms with Crippen LogP contribution < -0.4 is 10.5 Å². The normalized spacial score (nSPS) is 15.7. The molecule has 3 N–H and O–H groups in total. The number of anilines is 1. The number of amides is 1. The fourth-order valence-electron chi connectivity index (χ4n) is 2.25. The number of nitrogens with two attached hydrogens (primary N) is 1. The van der Waals surface area contributed by atoms with E-state index in [2.05, 4.69) is 5.32 Å². The maximum atomic E-state index is 12.1. The van der Waals surface area contributed by atoms with E-state index in [1.54, 1.807) is 36.4 Å². The molecule has 7 heteroatoms. The van der Waals surface area contributed by atoms with Crippen LogP contribution in [0, 0.1) is 0 Å². The van der Waals surface area contributed by atoms with Gasteiger partial charge in [-0.1, -0.05) is 23.7 Å². The molecule has 0 unspecified atom stereocenters. The molecule has 22 heavy (non-hydrogen) atoms. The average molecular weight is 335 g/mol. The topological polar surface area (TPSA) is 89.3 Å². The van der Waals surface area contributed by atoms with Crippen molar-refractivity contribution in [2.24, 2.45) is 5.14 Å². The zero-order valence-corrected chi connectivity index (χ0v) is 12.8. The zero-order valence-electron chi connectivity index (χ0n) is 11.2. The third kappa shape index (κ3) is 2.76. The van der Waals surface area contributed by atoms with Crippen molar-refractivity contribution in [1.29, 1.82) is 0 Å². The molecule has 0 radical (unpaired) electrons. The Balaban J connectivity index is 2.11. The van der Waals surface area contributed by atoms with Gasteiger partial charge in [0.25, 0.3) is 5.91 Å². The molecular weight excluding hydrogens is 324 g/mol. The van der Waals surface area contributed by atoms with Crippen molar-refractivity contribution in [3.05, 3.63) is 58.6 Å². The van der Waals surface area contributed by atoms with Gasteiger partial charge in [0.1, 0.15) is 0 Å². The van der Waals surface area contributed by atoms with Gasteiger partial charge in [-0.3, -0.25) is 4.79 Å². The Labute approximate surface area is 132 Å². The first-order chi connectivity index (χ1) is 10.3. The highest BCUT2D eigenvalue weighted by molar-refractivity contribution is 7.89. The standard InChI is InChI=1S/C15H11ClN2O3S/c16-10-4-5-14-12(8-10)13(15(19)18-14)7-9-2-1-3-11(6-9)22(17,20)21/h1-8H,(H,18,19)(H2,17,20,21)/b13-7-. The van der Waals surface area contributed by atoms with Crippen LogP contribution in [-0.2, 0) is 14.8 Å². The van der Waals surface area contributed by atoms with Crippen molar-refractivity contribution >= 4 is 44.9 Å². The molecule has 2 aromatic carbocycles. The number of hydrogen-bond acceptors (Lipinski definition) is 3. The van der Waals surface area contributed by atoms with Crippen LogP contribution in [0.4, 0.5) is 5.69 Å². The summed E-state index contributed by atoms with van der Waals surface area (Å²) in [5.41, 5.74) is 2.33. The highest BCUT2D eigenvalue weighted by atomic mass is 35.5. The molecule has 5 nitrogen and oxygen atoms in total. The van der Waals surface area contributed by atoms with Crippen molar-refractivity contribution in [2.75, 3.05) is 5.32 Å². The lowest BCUT2D eigenvalue weighted by atomic mass is 10.0. The maximum absolute atomic E-state index is 12.1. The first-order valence-electron chi connectivity index (χ1n) is 6.30. The molecule has 1 amide bonds. The van der Waals surface area contributed by atoms with Crippen LogP contribution in [0.3, 0.4) is 0 Å². The van der Waals surface area contributed by atoms with E-state index in [1.165, 1.54) is 12.1 Å². The van der Waals surface area contributed by atoms with Crippen LogP contribution in [0.25, 0.3) is 11.6 Å². The number of sulfonamides is 1. The number of carbonyl (C=O) groups excluding carboxylic acids is 1. The highest BCUT2D eigenvalue weighted by Gasteiger charge is 2.24. The minimum absolute atomic E-state index is 0.00780. The van der Waals surface area contributed by atoms with E-state index in [0.29, 0.717) is 27.4 Å². The summed E-state index contributed by atoms with van der Waals surface area (Å²) < 4.78 is 22.8. The summed E-state index contributed by atoms with van der Waals surface area (Å²) in [5.74, 6) is -0.265. The molecule has 0 aliphatic carbocycles. The van der Waals surface area contributed by atoms with Gasteiger partial charge in [-0.2, -0.15) is 0 Å². The van der Waals surface area contributed by atoms with Crippen LogP contribution in [0.2, 0.25) is 5.02 Å². The summed E-state index contributed by atoms with van der Waals surface area (Å²) in [6.07, 6.45) is 1.60. The first-order valence-corrected chi connectivity index (χ1v) is 8.23. The number of rotatable bonds is 2. The van der Waals surface area contributed by atoms with Gasteiger partial charge in [0.2, 0.25) is 10.0 Å². The number of benzene rings is 2. The van der Waals surface area contributed by atoms with Crippen molar-refractivity contribution < 1.29 is 13.2 Å². The fraction of sp³-hybridized carbons (Fsp3) is 0. The Morgan fingerprint density at radius 3 is 2.64 bits per heavy atom. The van der Waals surface area contributed by atoms with Gasteiger partial charge < -0.3 is 5.32 Å². The minimum atomic E-state index is -3.79. The molecule has 1 aliphatic rings. The number of hydrogen-bond donors (Lipinski definition) is 2. The summed E-state index contributed by atoms with van der Waals surface area (Å²) in [5, 5.41) is 8.36. The molecule has 1 aliphatic heterocycles. The van der Waals surface area contributed by atoms with Gasteiger partial charge >= 0.3 is 0 Å². The van der Waals surface area contributed by atoms with Crippen LogP contribution in [0.15, 0.2) is 47.4 Å². The number of halogens is 1. The van der Waals surface area contributed by atoms with E-state index in [-0.39, 0.29) is 10.8 Å². The Morgan fingerprint density at radius 2 is 1.91 bits per heavy atom. The SMILES string of the molecule is NS(=O)(=O)c1cccc(/C=C2\C(=O)Nc3ccc(Cl)cc32)c1. The summed E-state index contributed by atoms with van der Waals surface area (Å²) in [4.78, 5) is 12.1. The van der Waals surface area contributed by atoms with E-state index in [4.69, 9.17) is 16.7 Å². The lowest BCUT2D eigenvalue weighted by molar-refractivity contribution is -0.110. The summed E-state index contributed by atoms with van der Waals surface area (Å²) >= 11 is 5.96. The molecule has 0 bridgehead atoms. The molecule has 1 heterocycles. The summed E-state index contributed by atoms with van der Waals surface area (Å²) in [6, 6.07) is 11.2. The lowest BCUT2D eigenvalue weighted by Crippen LogP contribution is -2.12. The quantitative estimate of drug-likeness (QED) is 0.827. The second kappa shape index (κ2) is 5.24. The molecule has 0 atom stereocenters. The molecular formula is C15H11ClN2O3S. The second-order valence-electron chi connectivity index (χ2n) is 4.82. The highest BCUT2D eigenvalue weighted by Crippen LogP contribution is 2.35. The van der Waals surface area contributed by atoms with Crippen molar-refractivity contribution in [3.63, 3.8) is 0 Å². The number of nitrogens with one attached hydrogen (secondary N) is 1. The van der Waals surface area contributed by atoms with E-state index < -0.39 is 10.0 Å². The van der Waals surface area contributed by atoms with E-state index in [1.807, 2.05) is 0 Å². The smallest absolute Gasteiger partial charge is 0.256 e. The van der Waals surface area contributed by atoms with E-state index in [9.17, 15) is 13.2 Å². The van der Waals surface area contributed by atoms with Gasteiger partial charge in [0.15, 0.2) is 0 Å². The minimum Gasteiger partial charge on any atom is -0.321 e. The van der Waals surface area contributed by atoms with E-state index in [0.717, 1.165) is 0 Å². The van der Waals surface area contributed by atoms with Gasteiger partial charge in [-0.05, 0) is 42.0 Å². The van der Waals surface area contributed by atoms with E-state index >= 15 is 0 Å². The Morgan fingerprint density at radius 1 is 1.14 bits per heavy atom. The number of primary sulfonamides is 1. The first kappa shape index (κ1) is 14.8. The van der Waals surface area contributed by atoms with Crippen LogP contribution in [-0.4, -0.2) is 14.3 Å². The monoisotopic (exact) mass is 334 g/mol. The average Bonchev–Trinajstić information content (AvgIpc) is 2.75. The lowest BCUT2D eigenvalue weighted by Gasteiger charge is -2.02. The molecule has 0 saturated carbocycles. The fourth-order valence-corrected chi connectivity index (χ4v) is 2.99. The largest absolute Gasteiger partial charge is 0.321 e. The van der Waals surface area contributed by atoms with Crippen LogP contribution in [0.5, 0.6) is 0 Å². The second-order valence-corrected chi connectivity index (χ2v) is 6.82.